The van der Waals surface area contributed by atoms with Crippen LogP contribution in [0.2, 0.25) is 0 Å². The molecule has 0 saturated carbocycles. The Morgan fingerprint density at radius 1 is 0.703 bits per heavy atom. The zero-order valence-electron chi connectivity index (χ0n) is 22.8. The molecule has 3 rings (SSSR count). The van der Waals surface area contributed by atoms with E-state index in [2.05, 4.69) is 46.9 Å². The van der Waals surface area contributed by atoms with E-state index in [4.69, 9.17) is 4.74 Å². The SMILES string of the molecule is CC(=O)[C@H](Cc1ccc(OC(=O)c2ccc(C(C)(C)C)cc2)cc1)NC(=O)c1ccc(C(C)(C)C)cc1. The van der Waals surface area contributed by atoms with Gasteiger partial charge in [0.1, 0.15) is 5.75 Å². The Hall–Kier alpha value is -3.73. The minimum atomic E-state index is -0.662. The monoisotopic (exact) mass is 499 g/mol. The molecule has 1 atom stereocenters. The van der Waals surface area contributed by atoms with E-state index in [1.165, 1.54) is 6.92 Å². The molecule has 0 aliphatic heterocycles. The Labute approximate surface area is 220 Å². The van der Waals surface area contributed by atoms with Crippen LogP contribution in [0.5, 0.6) is 5.75 Å². The van der Waals surface area contributed by atoms with E-state index < -0.39 is 12.0 Å². The summed E-state index contributed by atoms with van der Waals surface area (Å²) in [5.41, 5.74) is 4.11. The average Bonchev–Trinajstić information content (AvgIpc) is 2.83. The molecule has 0 saturated heterocycles. The quantitative estimate of drug-likeness (QED) is 0.300. The predicted octanol–water partition coefficient (Wildman–Crippen LogP) is 6.43. The highest BCUT2D eigenvalue weighted by molar-refractivity contribution is 5.97. The van der Waals surface area contributed by atoms with Gasteiger partial charge in [-0.1, -0.05) is 77.9 Å². The van der Waals surface area contributed by atoms with E-state index in [0.717, 1.165) is 16.7 Å². The number of ketones is 1. The lowest BCUT2D eigenvalue weighted by molar-refractivity contribution is -0.118. The highest BCUT2D eigenvalue weighted by Gasteiger charge is 2.20. The van der Waals surface area contributed by atoms with Crippen LogP contribution in [-0.2, 0) is 22.0 Å². The van der Waals surface area contributed by atoms with Crippen molar-refractivity contribution in [2.24, 2.45) is 0 Å². The number of hydrogen-bond donors (Lipinski definition) is 1. The molecule has 3 aromatic carbocycles. The van der Waals surface area contributed by atoms with Gasteiger partial charge in [-0.15, -0.1) is 0 Å². The zero-order valence-corrected chi connectivity index (χ0v) is 22.8. The van der Waals surface area contributed by atoms with Gasteiger partial charge in [-0.2, -0.15) is 0 Å². The van der Waals surface area contributed by atoms with Crippen molar-refractivity contribution in [2.75, 3.05) is 0 Å². The lowest BCUT2D eigenvalue weighted by atomic mass is 9.86. The molecule has 1 amide bonds. The minimum absolute atomic E-state index is 0.00566. The van der Waals surface area contributed by atoms with Crippen LogP contribution in [0.4, 0.5) is 0 Å². The van der Waals surface area contributed by atoms with Crippen molar-refractivity contribution in [3.63, 3.8) is 0 Å². The van der Waals surface area contributed by atoms with Crippen LogP contribution in [0.1, 0.15) is 85.9 Å². The van der Waals surface area contributed by atoms with Gasteiger partial charge in [-0.05, 0) is 77.3 Å². The van der Waals surface area contributed by atoms with Gasteiger partial charge in [0.2, 0.25) is 0 Å². The maximum atomic E-state index is 12.8. The van der Waals surface area contributed by atoms with Gasteiger partial charge in [0.05, 0.1) is 11.6 Å². The first-order valence-electron chi connectivity index (χ1n) is 12.6. The number of esters is 1. The topological polar surface area (TPSA) is 72.5 Å². The summed E-state index contributed by atoms with van der Waals surface area (Å²) in [6.45, 7) is 14.2. The molecule has 0 heterocycles. The summed E-state index contributed by atoms with van der Waals surface area (Å²) >= 11 is 0. The lowest BCUT2D eigenvalue weighted by Crippen LogP contribution is -2.41. The fourth-order valence-electron chi connectivity index (χ4n) is 3.86. The third-order valence-corrected chi connectivity index (χ3v) is 6.37. The van der Waals surface area contributed by atoms with Crippen molar-refractivity contribution < 1.29 is 19.1 Å². The number of nitrogens with one attached hydrogen (secondary N) is 1. The van der Waals surface area contributed by atoms with E-state index in [-0.39, 0.29) is 22.5 Å². The van der Waals surface area contributed by atoms with Crippen LogP contribution in [0.15, 0.2) is 72.8 Å². The minimum Gasteiger partial charge on any atom is -0.423 e. The second kappa shape index (κ2) is 11.1. The molecule has 0 radical (unpaired) electrons. The summed E-state index contributed by atoms with van der Waals surface area (Å²) in [6.07, 6.45) is 0.337. The highest BCUT2D eigenvalue weighted by Crippen LogP contribution is 2.24. The molecule has 194 valence electrons. The van der Waals surface area contributed by atoms with Gasteiger partial charge >= 0.3 is 5.97 Å². The van der Waals surface area contributed by atoms with Crippen molar-refractivity contribution >= 4 is 17.7 Å². The third kappa shape index (κ3) is 7.63. The molecule has 37 heavy (non-hydrogen) atoms. The van der Waals surface area contributed by atoms with Crippen LogP contribution in [0.3, 0.4) is 0 Å². The Balaban J connectivity index is 1.62. The van der Waals surface area contributed by atoms with E-state index >= 15 is 0 Å². The third-order valence-electron chi connectivity index (χ3n) is 6.37. The number of hydrogen-bond acceptors (Lipinski definition) is 4. The van der Waals surface area contributed by atoms with Crippen molar-refractivity contribution in [3.05, 3.63) is 101 Å². The van der Waals surface area contributed by atoms with E-state index in [9.17, 15) is 14.4 Å². The molecule has 0 spiro atoms. The number of Topliss-reactive ketones (excluding diaryl/α,β-unsaturated/α-hetero) is 1. The van der Waals surface area contributed by atoms with Gasteiger partial charge in [-0.3, -0.25) is 9.59 Å². The summed E-state index contributed by atoms with van der Waals surface area (Å²) in [4.78, 5) is 37.6. The molecule has 5 nitrogen and oxygen atoms in total. The molecular formula is C32H37NO4. The van der Waals surface area contributed by atoms with Crippen LogP contribution >= 0.6 is 0 Å². The first-order chi connectivity index (χ1) is 17.2. The zero-order chi connectivity index (χ0) is 27.4. The van der Waals surface area contributed by atoms with Crippen LogP contribution in [0, 0.1) is 0 Å². The molecule has 0 aromatic heterocycles. The van der Waals surface area contributed by atoms with Crippen molar-refractivity contribution in [3.8, 4) is 5.75 Å². The van der Waals surface area contributed by atoms with E-state index in [1.54, 1.807) is 48.5 Å². The summed E-state index contributed by atoms with van der Waals surface area (Å²) in [7, 11) is 0. The Morgan fingerprint density at radius 2 is 1.16 bits per heavy atom. The molecule has 0 aliphatic rings. The lowest BCUT2D eigenvalue weighted by Gasteiger charge is -2.20. The summed E-state index contributed by atoms with van der Waals surface area (Å²) in [5, 5.41) is 2.85. The number of rotatable bonds is 7. The van der Waals surface area contributed by atoms with Crippen molar-refractivity contribution in [1.29, 1.82) is 0 Å². The van der Waals surface area contributed by atoms with Crippen LogP contribution in [-0.4, -0.2) is 23.7 Å². The van der Waals surface area contributed by atoms with Gasteiger partial charge in [0.25, 0.3) is 5.91 Å². The Morgan fingerprint density at radius 3 is 1.59 bits per heavy atom. The van der Waals surface area contributed by atoms with E-state index in [0.29, 0.717) is 23.3 Å². The number of ether oxygens (including phenoxy) is 1. The summed E-state index contributed by atoms with van der Waals surface area (Å²) in [6, 6.07) is 21.2. The maximum absolute atomic E-state index is 12.8. The Bertz CT molecular complexity index is 1240. The van der Waals surface area contributed by atoms with Gasteiger partial charge in [0, 0.05) is 5.56 Å². The van der Waals surface area contributed by atoms with Gasteiger partial charge in [-0.25, -0.2) is 4.79 Å². The number of amides is 1. The average molecular weight is 500 g/mol. The largest absolute Gasteiger partial charge is 0.423 e. The fourth-order valence-corrected chi connectivity index (χ4v) is 3.86. The van der Waals surface area contributed by atoms with Crippen LogP contribution in [0.25, 0.3) is 0 Å². The van der Waals surface area contributed by atoms with Crippen LogP contribution < -0.4 is 10.1 Å². The first-order valence-corrected chi connectivity index (χ1v) is 12.6. The molecular weight excluding hydrogens is 462 g/mol. The molecule has 1 N–H and O–H groups in total. The standard InChI is InChI=1S/C32H37NO4/c1-21(34)28(33-29(35)23-10-14-25(15-11-23)31(2,3)4)20-22-8-18-27(19-9-22)37-30(36)24-12-16-26(17-13-24)32(5,6)7/h8-19,28H,20H2,1-7H3,(H,33,35)/t28-/m0/s1. The van der Waals surface area contributed by atoms with Gasteiger partial charge in [0.15, 0.2) is 5.78 Å². The molecule has 0 aliphatic carbocycles. The molecule has 0 fully saturated rings. The summed E-state index contributed by atoms with van der Waals surface area (Å²) in [5.74, 6) is -0.437. The van der Waals surface area contributed by atoms with Gasteiger partial charge < -0.3 is 10.1 Å². The number of benzene rings is 3. The second-order valence-corrected chi connectivity index (χ2v) is 11.5. The highest BCUT2D eigenvalue weighted by atomic mass is 16.5. The smallest absolute Gasteiger partial charge is 0.343 e. The molecule has 5 heteroatoms. The predicted molar refractivity (Wildman–Crippen MR) is 147 cm³/mol. The second-order valence-electron chi connectivity index (χ2n) is 11.5. The molecule has 3 aromatic rings. The first kappa shape index (κ1) is 27.9. The Kier molecular flexibility index (Phi) is 8.37. The maximum Gasteiger partial charge on any atom is 0.343 e. The van der Waals surface area contributed by atoms with E-state index in [1.807, 2.05) is 24.3 Å². The van der Waals surface area contributed by atoms with Crippen molar-refractivity contribution in [1.82, 2.24) is 5.32 Å². The fraction of sp³-hybridized carbons (Fsp3) is 0.344. The number of carbonyl (C=O) groups is 3. The molecule has 0 bridgehead atoms. The number of carbonyl (C=O) groups excluding carboxylic acids is 3. The van der Waals surface area contributed by atoms with Crippen molar-refractivity contribution in [2.45, 2.75) is 71.8 Å². The molecule has 0 unspecified atom stereocenters. The summed E-state index contributed by atoms with van der Waals surface area (Å²) < 4.78 is 5.51. The normalized spacial score (nSPS) is 12.5.